The molecule has 0 saturated heterocycles. The summed E-state index contributed by atoms with van der Waals surface area (Å²) in [6.07, 6.45) is 0. The lowest BCUT2D eigenvalue weighted by Crippen LogP contribution is -2.12. The summed E-state index contributed by atoms with van der Waals surface area (Å²) in [6.45, 7) is 0.672. The summed E-state index contributed by atoms with van der Waals surface area (Å²) in [5.41, 5.74) is 0.568. The monoisotopic (exact) mass is 282 g/mol. The van der Waals surface area contributed by atoms with Gasteiger partial charge in [0, 0.05) is 22.5 Å². The second-order valence-corrected chi connectivity index (χ2v) is 6.43. The zero-order valence-corrected chi connectivity index (χ0v) is 11.5. The van der Waals surface area contributed by atoms with Gasteiger partial charge in [0.25, 0.3) is 10.0 Å². The molecule has 1 heterocycles. The molecule has 0 amide bonds. The molecule has 0 fully saturated rings. The zero-order chi connectivity index (χ0) is 13.0. The number of anilines is 1. The number of para-hydroxylation sites is 1. The van der Waals surface area contributed by atoms with E-state index >= 15 is 0 Å². The highest BCUT2D eigenvalue weighted by molar-refractivity contribution is 7.92. The molecule has 0 aliphatic rings. The summed E-state index contributed by atoms with van der Waals surface area (Å²) in [5, 5.41) is 4.64. The van der Waals surface area contributed by atoms with Gasteiger partial charge in [0.1, 0.15) is 0 Å². The minimum Gasteiger partial charge on any atom is -0.315 e. The molecular formula is C12H14N2O2S2. The van der Waals surface area contributed by atoms with Crippen LogP contribution in [0.1, 0.15) is 4.88 Å². The van der Waals surface area contributed by atoms with E-state index in [0.29, 0.717) is 17.1 Å². The van der Waals surface area contributed by atoms with Crippen molar-refractivity contribution in [2.45, 2.75) is 11.4 Å². The Morgan fingerprint density at radius 1 is 1.22 bits per heavy atom. The van der Waals surface area contributed by atoms with Crippen molar-refractivity contribution < 1.29 is 8.42 Å². The third kappa shape index (κ3) is 3.10. The van der Waals surface area contributed by atoms with Crippen LogP contribution < -0.4 is 10.0 Å². The Hall–Kier alpha value is -1.37. The first-order valence-electron chi connectivity index (χ1n) is 5.42. The summed E-state index contributed by atoms with van der Waals surface area (Å²) in [7, 11) is -1.65. The average Bonchev–Trinajstić information content (AvgIpc) is 2.80. The Kier molecular flexibility index (Phi) is 4.00. The third-order valence-corrected chi connectivity index (χ3v) is 4.76. The topological polar surface area (TPSA) is 58.2 Å². The van der Waals surface area contributed by atoms with Crippen molar-refractivity contribution >= 4 is 27.0 Å². The second kappa shape index (κ2) is 5.51. The molecule has 0 bridgehead atoms. The van der Waals surface area contributed by atoms with E-state index in [1.807, 2.05) is 13.1 Å². The van der Waals surface area contributed by atoms with Crippen molar-refractivity contribution in [3.05, 3.63) is 46.7 Å². The molecule has 2 rings (SSSR count). The van der Waals surface area contributed by atoms with Crippen LogP contribution in [0.3, 0.4) is 0 Å². The van der Waals surface area contributed by atoms with Crippen LogP contribution in [0.25, 0.3) is 0 Å². The van der Waals surface area contributed by atoms with Gasteiger partial charge in [0.2, 0.25) is 0 Å². The lowest BCUT2D eigenvalue weighted by molar-refractivity contribution is 0.601. The molecule has 0 atom stereocenters. The number of rotatable bonds is 5. The van der Waals surface area contributed by atoms with Gasteiger partial charge in [-0.3, -0.25) is 4.72 Å². The Morgan fingerprint density at radius 2 is 1.94 bits per heavy atom. The van der Waals surface area contributed by atoms with Crippen LogP contribution in [0.15, 0.2) is 46.7 Å². The maximum absolute atomic E-state index is 12.1. The van der Waals surface area contributed by atoms with E-state index < -0.39 is 10.0 Å². The van der Waals surface area contributed by atoms with Gasteiger partial charge < -0.3 is 5.32 Å². The second-order valence-electron chi connectivity index (χ2n) is 3.75. The molecule has 0 saturated carbocycles. The highest BCUT2D eigenvalue weighted by atomic mass is 32.2. The minimum atomic E-state index is -3.48. The van der Waals surface area contributed by atoms with Crippen LogP contribution in [0.5, 0.6) is 0 Å². The molecule has 2 N–H and O–H groups in total. The fourth-order valence-electron chi connectivity index (χ4n) is 1.49. The molecule has 6 heteroatoms. The zero-order valence-electron chi connectivity index (χ0n) is 9.88. The number of hydrogen-bond acceptors (Lipinski definition) is 4. The van der Waals surface area contributed by atoms with Gasteiger partial charge in [-0.1, -0.05) is 18.2 Å². The van der Waals surface area contributed by atoms with E-state index in [4.69, 9.17) is 0 Å². The van der Waals surface area contributed by atoms with E-state index in [1.165, 1.54) is 11.3 Å². The quantitative estimate of drug-likeness (QED) is 0.884. The molecule has 1 aromatic heterocycles. The van der Waals surface area contributed by atoms with Crippen molar-refractivity contribution in [1.29, 1.82) is 0 Å². The van der Waals surface area contributed by atoms with Crippen LogP contribution >= 0.6 is 11.3 Å². The Labute approximate surface area is 111 Å². The SMILES string of the molecule is CNCc1cc(S(=O)(=O)Nc2ccccc2)cs1. The van der Waals surface area contributed by atoms with Crippen LogP contribution in [-0.2, 0) is 16.6 Å². The van der Waals surface area contributed by atoms with Gasteiger partial charge in [-0.2, -0.15) is 0 Å². The predicted molar refractivity (Wildman–Crippen MR) is 74.3 cm³/mol. The molecule has 4 nitrogen and oxygen atoms in total. The molecule has 0 unspecified atom stereocenters. The first kappa shape index (κ1) is 13.1. The molecule has 0 aliphatic heterocycles. The van der Waals surface area contributed by atoms with Gasteiger partial charge in [-0.15, -0.1) is 11.3 Å². The summed E-state index contributed by atoms with van der Waals surface area (Å²) in [4.78, 5) is 1.30. The van der Waals surface area contributed by atoms with Crippen molar-refractivity contribution in [1.82, 2.24) is 5.32 Å². The van der Waals surface area contributed by atoms with Crippen molar-refractivity contribution in [2.75, 3.05) is 11.8 Å². The lowest BCUT2D eigenvalue weighted by atomic mass is 10.3. The lowest BCUT2D eigenvalue weighted by Gasteiger charge is -2.05. The molecule has 18 heavy (non-hydrogen) atoms. The number of nitrogens with one attached hydrogen (secondary N) is 2. The molecule has 0 radical (unpaired) electrons. The normalized spacial score (nSPS) is 11.4. The average molecular weight is 282 g/mol. The van der Waals surface area contributed by atoms with E-state index in [1.54, 1.807) is 35.7 Å². The molecule has 0 spiro atoms. The fraction of sp³-hybridized carbons (Fsp3) is 0.167. The van der Waals surface area contributed by atoms with Crippen molar-refractivity contribution in [3.63, 3.8) is 0 Å². The van der Waals surface area contributed by atoms with Crippen LogP contribution in [0.4, 0.5) is 5.69 Å². The molecule has 1 aromatic carbocycles. The van der Waals surface area contributed by atoms with E-state index in [0.717, 1.165) is 4.88 Å². The summed E-state index contributed by atoms with van der Waals surface area (Å²) in [6, 6.07) is 10.5. The third-order valence-electron chi connectivity index (χ3n) is 2.32. The van der Waals surface area contributed by atoms with Gasteiger partial charge in [-0.05, 0) is 25.2 Å². The van der Waals surface area contributed by atoms with Gasteiger partial charge >= 0.3 is 0 Å². The molecule has 2 aromatic rings. The smallest absolute Gasteiger partial charge is 0.262 e. The highest BCUT2D eigenvalue weighted by Gasteiger charge is 2.15. The van der Waals surface area contributed by atoms with E-state index in [2.05, 4.69) is 10.0 Å². The van der Waals surface area contributed by atoms with Crippen LogP contribution in [0.2, 0.25) is 0 Å². The highest BCUT2D eigenvalue weighted by Crippen LogP contribution is 2.21. The van der Waals surface area contributed by atoms with Crippen LogP contribution in [-0.4, -0.2) is 15.5 Å². The van der Waals surface area contributed by atoms with Crippen molar-refractivity contribution in [3.8, 4) is 0 Å². The maximum Gasteiger partial charge on any atom is 0.262 e. The largest absolute Gasteiger partial charge is 0.315 e. The number of hydrogen-bond donors (Lipinski definition) is 2. The van der Waals surface area contributed by atoms with E-state index in [9.17, 15) is 8.42 Å². The molecule has 96 valence electrons. The first-order chi connectivity index (χ1) is 8.62. The summed E-state index contributed by atoms with van der Waals surface area (Å²) in [5.74, 6) is 0. The van der Waals surface area contributed by atoms with Gasteiger partial charge in [-0.25, -0.2) is 8.42 Å². The first-order valence-corrected chi connectivity index (χ1v) is 7.78. The van der Waals surface area contributed by atoms with Crippen LogP contribution in [0, 0.1) is 0 Å². The van der Waals surface area contributed by atoms with Gasteiger partial charge in [0.15, 0.2) is 0 Å². The summed E-state index contributed by atoms with van der Waals surface area (Å²) >= 11 is 1.43. The number of thiophene rings is 1. The van der Waals surface area contributed by atoms with Gasteiger partial charge in [0.05, 0.1) is 4.90 Å². The van der Waals surface area contributed by atoms with Crippen molar-refractivity contribution in [2.24, 2.45) is 0 Å². The standard InChI is InChI=1S/C12H14N2O2S2/c1-13-8-11-7-12(9-17-11)18(15,16)14-10-5-3-2-4-6-10/h2-7,9,13-14H,8H2,1H3. The molecule has 0 aliphatic carbocycles. The Bertz CT molecular complexity index is 606. The number of benzene rings is 1. The number of sulfonamides is 1. The van der Waals surface area contributed by atoms with E-state index in [-0.39, 0.29) is 0 Å². The maximum atomic E-state index is 12.1. The Morgan fingerprint density at radius 3 is 2.61 bits per heavy atom. The summed E-state index contributed by atoms with van der Waals surface area (Å²) < 4.78 is 26.7. The Balaban J connectivity index is 2.20. The fourth-order valence-corrected chi connectivity index (χ4v) is 3.83. The predicted octanol–water partition coefficient (Wildman–Crippen LogP) is 2.27. The molecular weight excluding hydrogens is 268 g/mol. The minimum absolute atomic E-state index is 0.307.